The third-order valence-corrected chi connectivity index (χ3v) is 5.89. The molecule has 0 unspecified atom stereocenters. The van der Waals surface area contributed by atoms with E-state index < -0.39 is 5.54 Å². The van der Waals surface area contributed by atoms with Crippen LogP contribution in [0.25, 0.3) is 11.1 Å². The van der Waals surface area contributed by atoms with E-state index in [1.807, 2.05) is 71.5 Å². The minimum Gasteiger partial charge on any atom is -0.258 e. The fourth-order valence-corrected chi connectivity index (χ4v) is 4.39. The number of hydrogen-bond donors (Lipinski definition) is 0. The van der Waals surface area contributed by atoms with E-state index in [9.17, 15) is 10.1 Å². The molecule has 0 spiro atoms. The normalized spacial score (nSPS) is 11.3. The number of hydrogen-bond acceptors (Lipinski definition) is 3. The van der Waals surface area contributed by atoms with E-state index in [4.69, 9.17) is 5.10 Å². The van der Waals surface area contributed by atoms with Crippen molar-refractivity contribution < 1.29 is 4.92 Å². The van der Waals surface area contributed by atoms with Crippen LogP contribution in [0.2, 0.25) is 0 Å². The van der Waals surface area contributed by atoms with Gasteiger partial charge in [0.2, 0.25) is 0 Å². The highest BCUT2D eigenvalue weighted by atomic mass is 16.6. The van der Waals surface area contributed by atoms with Crippen LogP contribution in [0.1, 0.15) is 16.7 Å². The minimum atomic E-state index is -0.720. The molecule has 5 rings (SSSR count). The van der Waals surface area contributed by atoms with E-state index in [2.05, 4.69) is 36.4 Å². The van der Waals surface area contributed by atoms with Gasteiger partial charge in [-0.05, 0) is 22.3 Å². The molecule has 160 valence electrons. The molecular formula is C28H21N3O2. The Labute approximate surface area is 191 Å². The molecule has 0 N–H and O–H groups in total. The van der Waals surface area contributed by atoms with E-state index >= 15 is 0 Å². The number of nitrogens with zero attached hydrogens (tertiary/aromatic N) is 3. The molecule has 0 aliphatic rings. The molecule has 0 atom stereocenters. The number of benzene rings is 4. The van der Waals surface area contributed by atoms with E-state index in [0.29, 0.717) is 0 Å². The first-order valence-electron chi connectivity index (χ1n) is 10.7. The Morgan fingerprint density at radius 2 is 1.18 bits per heavy atom. The second-order valence-corrected chi connectivity index (χ2v) is 7.79. The molecule has 33 heavy (non-hydrogen) atoms. The summed E-state index contributed by atoms with van der Waals surface area (Å²) in [4.78, 5) is 10.9. The zero-order valence-corrected chi connectivity index (χ0v) is 17.8. The molecule has 0 bridgehead atoms. The van der Waals surface area contributed by atoms with Gasteiger partial charge in [0, 0.05) is 23.9 Å². The number of non-ortho nitro benzene ring substituents is 1. The summed E-state index contributed by atoms with van der Waals surface area (Å²) in [6, 6.07) is 37.5. The van der Waals surface area contributed by atoms with E-state index in [1.165, 1.54) is 6.07 Å². The second kappa shape index (κ2) is 8.55. The van der Waals surface area contributed by atoms with Gasteiger partial charge in [0.25, 0.3) is 5.69 Å². The molecular weight excluding hydrogens is 410 g/mol. The Kier molecular flexibility index (Phi) is 5.29. The van der Waals surface area contributed by atoms with Crippen LogP contribution in [0.15, 0.2) is 128 Å². The summed E-state index contributed by atoms with van der Waals surface area (Å²) in [7, 11) is 0. The maximum absolute atomic E-state index is 11.3. The van der Waals surface area contributed by atoms with Gasteiger partial charge in [0.15, 0.2) is 0 Å². The lowest BCUT2D eigenvalue weighted by Crippen LogP contribution is -2.38. The van der Waals surface area contributed by atoms with Crippen LogP contribution in [0.4, 0.5) is 5.69 Å². The molecule has 0 saturated carbocycles. The predicted molar refractivity (Wildman–Crippen MR) is 129 cm³/mol. The molecule has 0 saturated heterocycles. The first-order chi connectivity index (χ1) is 16.2. The predicted octanol–water partition coefficient (Wildman–Crippen LogP) is 6.30. The third kappa shape index (κ3) is 3.59. The highest BCUT2D eigenvalue weighted by molar-refractivity contribution is 5.65. The maximum atomic E-state index is 11.3. The lowest BCUT2D eigenvalue weighted by molar-refractivity contribution is -0.384. The summed E-state index contributed by atoms with van der Waals surface area (Å²) in [5.41, 5.74) is 4.09. The van der Waals surface area contributed by atoms with Crippen molar-refractivity contribution in [2.45, 2.75) is 5.54 Å². The zero-order valence-electron chi connectivity index (χ0n) is 17.8. The van der Waals surface area contributed by atoms with Gasteiger partial charge in [0.05, 0.1) is 11.1 Å². The first kappa shape index (κ1) is 20.4. The summed E-state index contributed by atoms with van der Waals surface area (Å²) in [6.45, 7) is 0. The summed E-state index contributed by atoms with van der Waals surface area (Å²) in [5, 5.41) is 16.1. The third-order valence-electron chi connectivity index (χ3n) is 5.89. The number of nitro groups is 1. The molecule has 1 heterocycles. The Bertz CT molecular complexity index is 1280. The van der Waals surface area contributed by atoms with Gasteiger partial charge in [-0.3, -0.25) is 14.8 Å². The highest BCUT2D eigenvalue weighted by Gasteiger charge is 2.39. The van der Waals surface area contributed by atoms with E-state index in [1.54, 1.807) is 18.3 Å². The fourth-order valence-electron chi connectivity index (χ4n) is 4.39. The smallest absolute Gasteiger partial charge is 0.258 e. The van der Waals surface area contributed by atoms with Gasteiger partial charge in [-0.2, -0.15) is 5.10 Å². The van der Waals surface area contributed by atoms with Gasteiger partial charge in [-0.15, -0.1) is 0 Å². The molecule has 5 nitrogen and oxygen atoms in total. The van der Waals surface area contributed by atoms with Gasteiger partial charge < -0.3 is 0 Å². The fraction of sp³-hybridized carbons (Fsp3) is 0.0357. The Morgan fingerprint density at radius 1 is 0.667 bits per heavy atom. The van der Waals surface area contributed by atoms with Crippen molar-refractivity contribution in [3.05, 3.63) is 154 Å². The molecule has 0 amide bonds. The summed E-state index contributed by atoms with van der Waals surface area (Å²) in [6.07, 6.45) is 3.73. The largest absolute Gasteiger partial charge is 0.270 e. The average molecular weight is 431 g/mol. The molecule has 0 radical (unpaired) electrons. The quantitative estimate of drug-likeness (QED) is 0.180. The van der Waals surface area contributed by atoms with Gasteiger partial charge in [0.1, 0.15) is 5.54 Å². The van der Waals surface area contributed by atoms with E-state index in [0.717, 1.165) is 27.8 Å². The van der Waals surface area contributed by atoms with Gasteiger partial charge >= 0.3 is 0 Å². The Morgan fingerprint density at radius 3 is 1.67 bits per heavy atom. The van der Waals surface area contributed by atoms with Crippen LogP contribution in [-0.4, -0.2) is 14.7 Å². The van der Waals surface area contributed by atoms with Crippen LogP contribution in [-0.2, 0) is 5.54 Å². The van der Waals surface area contributed by atoms with Crippen molar-refractivity contribution >= 4 is 5.69 Å². The SMILES string of the molecule is O=[N+]([O-])c1cccc(-c2cnn(C(c3ccccc3)(c3ccccc3)c3ccccc3)c2)c1. The van der Waals surface area contributed by atoms with E-state index in [-0.39, 0.29) is 10.6 Å². The topological polar surface area (TPSA) is 61.0 Å². The highest BCUT2D eigenvalue weighted by Crippen LogP contribution is 2.41. The van der Waals surface area contributed by atoms with Crippen molar-refractivity contribution in [2.24, 2.45) is 0 Å². The first-order valence-corrected chi connectivity index (χ1v) is 10.7. The van der Waals surface area contributed by atoms with Crippen LogP contribution < -0.4 is 0 Å². The Hall–Kier alpha value is -4.51. The van der Waals surface area contributed by atoms with Crippen LogP contribution >= 0.6 is 0 Å². The average Bonchev–Trinajstić information content (AvgIpc) is 3.37. The van der Waals surface area contributed by atoms with Crippen LogP contribution in [0.3, 0.4) is 0 Å². The standard InChI is InChI=1S/C28H21N3O2/c32-31(33)27-18-10-11-22(19-27)23-20-29-30(21-23)28(24-12-4-1-5-13-24,25-14-6-2-7-15-25)26-16-8-3-9-17-26/h1-21H. The lowest BCUT2D eigenvalue weighted by Gasteiger charge is -2.36. The number of aromatic nitrogens is 2. The number of rotatable bonds is 6. The molecule has 5 heteroatoms. The van der Waals surface area contributed by atoms with Crippen molar-refractivity contribution in [1.82, 2.24) is 9.78 Å². The molecule has 0 aliphatic carbocycles. The summed E-state index contributed by atoms with van der Waals surface area (Å²) in [5.74, 6) is 0. The summed E-state index contributed by atoms with van der Waals surface area (Å²) < 4.78 is 1.96. The zero-order chi connectivity index (χ0) is 22.7. The maximum Gasteiger partial charge on any atom is 0.270 e. The molecule has 1 aromatic heterocycles. The monoisotopic (exact) mass is 431 g/mol. The van der Waals surface area contributed by atoms with Crippen LogP contribution in [0.5, 0.6) is 0 Å². The Balaban J connectivity index is 1.78. The van der Waals surface area contributed by atoms with Crippen molar-refractivity contribution in [1.29, 1.82) is 0 Å². The van der Waals surface area contributed by atoms with Crippen LogP contribution in [0, 0.1) is 10.1 Å². The molecule has 0 aliphatic heterocycles. The van der Waals surface area contributed by atoms with Crippen molar-refractivity contribution in [3.63, 3.8) is 0 Å². The van der Waals surface area contributed by atoms with Gasteiger partial charge in [-0.1, -0.05) is 103 Å². The van der Waals surface area contributed by atoms with Crippen molar-refractivity contribution in [3.8, 4) is 11.1 Å². The lowest BCUT2D eigenvalue weighted by atomic mass is 9.77. The number of nitro benzene ring substituents is 1. The second-order valence-electron chi connectivity index (χ2n) is 7.79. The minimum absolute atomic E-state index is 0.0562. The van der Waals surface area contributed by atoms with Gasteiger partial charge in [-0.25, -0.2) is 0 Å². The van der Waals surface area contributed by atoms with Crippen molar-refractivity contribution in [2.75, 3.05) is 0 Å². The molecule has 0 fully saturated rings. The molecule has 4 aromatic carbocycles. The summed E-state index contributed by atoms with van der Waals surface area (Å²) >= 11 is 0. The molecule has 5 aromatic rings.